The highest BCUT2D eigenvalue weighted by Crippen LogP contribution is 2.39. The van der Waals surface area contributed by atoms with Crippen molar-refractivity contribution in [3.05, 3.63) is 58.6 Å². The van der Waals surface area contributed by atoms with Gasteiger partial charge in [0.05, 0.1) is 15.5 Å². The minimum Gasteiger partial charge on any atom is -0.272 e. The lowest BCUT2D eigenvalue weighted by atomic mass is 10.3. The molecule has 0 fully saturated rings. The van der Waals surface area contributed by atoms with Gasteiger partial charge in [-0.1, -0.05) is 36.0 Å². The first kappa shape index (κ1) is 20.0. The molecule has 0 saturated heterocycles. The van der Waals surface area contributed by atoms with Gasteiger partial charge in [-0.3, -0.25) is 25.1 Å². The number of nitro groups is 1. The lowest BCUT2D eigenvalue weighted by molar-refractivity contribution is -0.387. The summed E-state index contributed by atoms with van der Waals surface area (Å²) in [6, 6.07) is 12.9. The second-order valence-electron chi connectivity index (χ2n) is 4.83. The topological polar surface area (TPSA) is 92.6 Å². The molecule has 1 N–H and O–H groups in total. The number of carbonyl (C=O) groups excluding carboxylic acids is 2. The molecule has 0 aliphatic carbocycles. The fourth-order valence-corrected chi connectivity index (χ4v) is 3.23. The molecule has 2 rings (SSSR count). The minimum atomic E-state index is -0.587. The SMILES string of the molecule is O=C(CCl)NN(C(=O)CCl)c1ccccc1Sc1ccccc1[N+](=O)[O-]. The summed E-state index contributed by atoms with van der Waals surface area (Å²) in [4.78, 5) is 35.5. The zero-order chi connectivity index (χ0) is 19.1. The summed E-state index contributed by atoms with van der Waals surface area (Å²) in [5.41, 5.74) is 2.65. The number of benzene rings is 2. The smallest absolute Gasteiger partial charge is 0.272 e. The Morgan fingerprint density at radius 1 is 1.04 bits per heavy atom. The highest BCUT2D eigenvalue weighted by Gasteiger charge is 2.22. The Balaban J connectivity index is 2.44. The number of alkyl halides is 2. The molecule has 0 atom stereocenters. The molecule has 10 heteroatoms. The molecule has 0 saturated carbocycles. The van der Waals surface area contributed by atoms with E-state index < -0.39 is 16.7 Å². The predicted octanol–water partition coefficient (Wildman–Crippen LogP) is 3.59. The number of amides is 2. The summed E-state index contributed by atoms with van der Waals surface area (Å²) in [6.45, 7) is 0. The van der Waals surface area contributed by atoms with Crippen molar-refractivity contribution in [2.75, 3.05) is 16.8 Å². The zero-order valence-corrected chi connectivity index (χ0v) is 15.6. The van der Waals surface area contributed by atoms with Crippen LogP contribution < -0.4 is 10.4 Å². The van der Waals surface area contributed by atoms with Crippen LogP contribution in [0.4, 0.5) is 11.4 Å². The van der Waals surface area contributed by atoms with Gasteiger partial charge in [-0.25, -0.2) is 5.01 Å². The van der Waals surface area contributed by atoms with E-state index in [0.29, 0.717) is 15.5 Å². The quantitative estimate of drug-likeness (QED) is 0.443. The molecule has 2 aromatic carbocycles. The number of nitro benzene ring substituents is 1. The normalized spacial score (nSPS) is 10.2. The monoisotopic (exact) mass is 413 g/mol. The van der Waals surface area contributed by atoms with Gasteiger partial charge in [0.25, 0.3) is 17.5 Å². The number of para-hydroxylation sites is 2. The summed E-state index contributed by atoms with van der Waals surface area (Å²) in [7, 11) is 0. The number of halogens is 2. The van der Waals surface area contributed by atoms with Crippen molar-refractivity contribution < 1.29 is 14.5 Å². The van der Waals surface area contributed by atoms with Crippen LogP contribution in [0.3, 0.4) is 0 Å². The maximum Gasteiger partial charge on any atom is 0.283 e. The van der Waals surface area contributed by atoms with Crippen LogP contribution in [0.5, 0.6) is 0 Å². The van der Waals surface area contributed by atoms with Gasteiger partial charge in [-0.2, -0.15) is 0 Å². The van der Waals surface area contributed by atoms with E-state index in [1.54, 1.807) is 42.5 Å². The molecule has 0 aliphatic heterocycles. The number of hydrogen-bond donors (Lipinski definition) is 1. The molecule has 0 spiro atoms. The van der Waals surface area contributed by atoms with Crippen molar-refractivity contribution in [1.29, 1.82) is 0 Å². The molecule has 0 aromatic heterocycles. The van der Waals surface area contributed by atoms with Crippen LogP contribution in [-0.2, 0) is 9.59 Å². The lowest BCUT2D eigenvalue weighted by Crippen LogP contribution is -2.48. The number of rotatable bonds is 6. The van der Waals surface area contributed by atoms with E-state index in [2.05, 4.69) is 5.43 Å². The van der Waals surface area contributed by atoms with Crippen LogP contribution in [0.2, 0.25) is 0 Å². The molecule has 0 bridgehead atoms. The summed E-state index contributed by atoms with van der Waals surface area (Å²) in [5.74, 6) is -1.87. The van der Waals surface area contributed by atoms with Gasteiger partial charge in [0.15, 0.2) is 0 Å². The first-order valence-corrected chi connectivity index (χ1v) is 9.11. The molecule has 0 aliphatic rings. The van der Waals surface area contributed by atoms with Gasteiger partial charge < -0.3 is 0 Å². The number of nitrogens with one attached hydrogen (secondary N) is 1. The standard InChI is InChI=1S/C16H13Cl2N3O4S/c17-9-15(22)19-20(16(23)10-18)11-5-1-3-7-13(11)26-14-8-4-2-6-12(14)21(24)25/h1-8H,9-10H2,(H,19,22). The van der Waals surface area contributed by atoms with Crippen molar-refractivity contribution in [3.8, 4) is 0 Å². The van der Waals surface area contributed by atoms with Gasteiger partial charge in [0.2, 0.25) is 0 Å². The summed E-state index contributed by atoms with van der Waals surface area (Å²) in [6.07, 6.45) is 0. The molecular weight excluding hydrogens is 401 g/mol. The van der Waals surface area contributed by atoms with E-state index in [9.17, 15) is 19.7 Å². The third kappa shape index (κ3) is 4.87. The maximum absolute atomic E-state index is 12.2. The van der Waals surface area contributed by atoms with E-state index in [-0.39, 0.29) is 17.4 Å². The van der Waals surface area contributed by atoms with E-state index in [1.165, 1.54) is 6.07 Å². The number of nitrogens with zero attached hydrogens (tertiary/aromatic N) is 2. The molecule has 7 nitrogen and oxygen atoms in total. The number of carbonyl (C=O) groups is 2. The van der Waals surface area contributed by atoms with E-state index in [4.69, 9.17) is 23.2 Å². The fourth-order valence-electron chi connectivity index (χ4n) is 2.01. The average molecular weight is 414 g/mol. The van der Waals surface area contributed by atoms with Gasteiger partial charge in [0.1, 0.15) is 11.8 Å². The third-order valence-electron chi connectivity index (χ3n) is 3.11. The second-order valence-corrected chi connectivity index (χ2v) is 6.44. The number of hydrogen-bond acceptors (Lipinski definition) is 5. The van der Waals surface area contributed by atoms with Gasteiger partial charge in [-0.05, 0) is 18.2 Å². The first-order valence-electron chi connectivity index (χ1n) is 7.22. The Hall–Kier alpha value is -2.29. The molecule has 2 aromatic rings. The number of hydrazine groups is 1. The average Bonchev–Trinajstić information content (AvgIpc) is 2.66. The first-order chi connectivity index (χ1) is 12.5. The maximum atomic E-state index is 12.2. The van der Waals surface area contributed by atoms with Crippen LogP contribution >= 0.6 is 35.0 Å². The second kappa shape index (κ2) is 9.42. The zero-order valence-electron chi connectivity index (χ0n) is 13.2. The van der Waals surface area contributed by atoms with E-state index in [0.717, 1.165) is 16.8 Å². The Morgan fingerprint density at radius 3 is 2.27 bits per heavy atom. The van der Waals surface area contributed by atoms with Crippen molar-refractivity contribution in [1.82, 2.24) is 5.43 Å². The van der Waals surface area contributed by atoms with Crippen molar-refractivity contribution in [2.24, 2.45) is 0 Å². The van der Waals surface area contributed by atoms with Crippen molar-refractivity contribution in [3.63, 3.8) is 0 Å². The van der Waals surface area contributed by atoms with E-state index in [1.807, 2.05) is 0 Å². The highest BCUT2D eigenvalue weighted by molar-refractivity contribution is 7.99. The predicted molar refractivity (Wildman–Crippen MR) is 101 cm³/mol. The molecule has 0 heterocycles. The molecule has 0 radical (unpaired) electrons. The molecule has 0 unspecified atom stereocenters. The number of anilines is 1. The van der Waals surface area contributed by atoms with Crippen LogP contribution in [0.25, 0.3) is 0 Å². The van der Waals surface area contributed by atoms with Crippen LogP contribution in [0.15, 0.2) is 58.3 Å². The van der Waals surface area contributed by atoms with Gasteiger partial charge >= 0.3 is 0 Å². The summed E-state index contributed by atoms with van der Waals surface area (Å²) < 4.78 is 0. The summed E-state index contributed by atoms with van der Waals surface area (Å²) in [5, 5.41) is 12.2. The molecular formula is C16H13Cl2N3O4S. The van der Waals surface area contributed by atoms with Crippen LogP contribution in [0.1, 0.15) is 0 Å². The highest BCUT2D eigenvalue weighted by atomic mass is 35.5. The van der Waals surface area contributed by atoms with Crippen molar-refractivity contribution in [2.45, 2.75) is 9.79 Å². The summed E-state index contributed by atoms with van der Waals surface area (Å²) >= 11 is 12.2. The molecule has 136 valence electrons. The van der Waals surface area contributed by atoms with Crippen molar-refractivity contribution >= 4 is 58.2 Å². The van der Waals surface area contributed by atoms with Crippen LogP contribution in [0, 0.1) is 10.1 Å². The fraction of sp³-hybridized carbons (Fsp3) is 0.125. The molecule has 26 heavy (non-hydrogen) atoms. The largest absolute Gasteiger partial charge is 0.283 e. The van der Waals surface area contributed by atoms with Crippen LogP contribution in [-0.4, -0.2) is 28.5 Å². The Kier molecular flexibility index (Phi) is 7.26. The Bertz CT molecular complexity index is 835. The van der Waals surface area contributed by atoms with E-state index >= 15 is 0 Å². The molecule has 2 amide bonds. The third-order valence-corrected chi connectivity index (χ3v) is 4.71. The lowest BCUT2D eigenvalue weighted by Gasteiger charge is -2.24. The Labute approximate surface area is 163 Å². The minimum absolute atomic E-state index is 0.0627. The Morgan fingerprint density at radius 2 is 1.65 bits per heavy atom. The van der Waals surface area contributed by atoms with Gasteiger partial charge in [-0.15, -0.1) is 23.2 Å². The van der Waals surface area contributed by atoms with Gasteiger partial charge in [0, 0.05) is 11.0 Å².